The maximum atomic E-state index is 13.2. The Bertz CT molecular complexity index is 818. The topological polar surface area (TPSA) is 79.0 Å². The van der Waals surface area contributed by atoms with E-state index in [9.17, 15) is 14.0 Å². The molecule has 2 aromatic rings. The summed E-state index contributed by atoms with van der Waals surface area (Å²) in [6.45, 7) is 6.21. The van der Waals surface area contributed by atoms with E-state index in [2.05, 4.69) is 22.5 Å². The average Bonchev–Trinajstić information content (AvgIpc) is 3.32. The number of nitrogens with zero attached hydrogens (tertiary/aromatic N) is 1. The largest absolute Gasteiger partial charge is 0.463 e. The minimum absolute atomic E-state index is 0.0813. The number of benzene rings is 1. The number of piperazine rings is 1. The molecule has 1 aliphatic heterocycles. The van der Waals surface area contributed by atoms with Crippen LogP contribution in [0.4, 0.5) is 10.1 Å². The Morgan fingerprint density at radius 3 is 2.45 bits per heavy atom. The number of nitrogens with one attached hydrogen (secondary N) is 3. The molecule has 0 spiro atoms. The number of quaternary nitrogens is 1. The molecule has 0 unspecified atom stereocenters. The van der Waals surface area contributed by atoms with Crippen LogP contribution in [0.1, 0.15) is 38.0 Å². The van der Waals surface area contributed by atoms with Crippen molar-refractivity contribution in [2.45, 2.75) is 32.2 Å². The summed E-state index contributed by atoms with van der Waals surface area (Å²) in [6, 6.07) is 10.2. The van der Waals surface area contributed by atoms with E-state index in [0.717, 1.165) is 56.9 Å². The molecule has 1 aliphatic rings. The SMILES string of the molecule is CCCCCNC(=O)C(=O)NC[C@H](c1ccco1)[NH+]1CCN(c2ccc(F)cc2)CC1. The first-order valence-corrected chi connectivity index (χ1v) is 11.0. The smallest absolute Gasteiger partial charge is 0.309 e. The lowest BCUT2D eigenvalue weighted by molar-refractivity contribution is -0.932. The normalized spacial score (nSPS) is 15.5. The van der Waals surface area contributed by atoms with Crippen molar-refractivity contribution in [1.29, 1.82) is 0 Å². The number of hydrogen-bond acceptors (Lipinski definition) is 4. The van der Waals surface area contributed by atoms with Gasteiger partial charge in [0, 0.05) is 12.2 Å². The van der Waals surface area contributed by atoms with Gasteiger partial charge in [-0.2, -0.15) is 0 Å². The minimum Gasteiger partial charge on any atom is -0.463 e. The zero-order chi connectivity index (χ0) is 22.1. The second kappa shape index (κ2) is 11.5. The van der Waals surface area contributed by atoms with Gasteiger partial charge in [-0.15, -0.1) is 0 Å². The quantitative estimate of drug-likeness (QED) is 0.413. The van der Waals surface area contributed by atoms with Gasteiger partial charge in [-0.3, -0.25) is 9.59 Å². The number of furan rings is 1. The molecule has 1 saturated heterocycles. The first-order chi connectivity index (χ1) is 15.1. The molecule has 7 nitrogen and oxygen atoms in total. The van der Waals surface area contributed by atoms with Crippen LogP contribution in [0, 0.1) is 5.82 Å². The predicted octanol–water partition coefficient (Wildman–Crippen LogP) is 1.29. The molecule has 1 aromatic carbocycles. The van der Waals surface area contributed by atoms with Gasteiger partial charge in [0.25, 0.3) is 0 Å². The minimum atomic E-state index is -0.614. The number of halogens is 1. The lowest BCUT2D eigenvalue weighted by Crippen LogP contribution is -3.15. The highest BCUT2D eigenvalue weighted by molar-refractivity contribution is 6.35. The third-order valence-electron chi connectivity index (χ3n) is 5.72. The van der Waals surface area contributed by atoms with Crippen LogP contribution in [0.25, 0.3) is 0 Å². The van der Waals surface area contributed by atoms with Gasteiger partial charge in [0.2, 0.25) is 0 Å². The summed E-state index contributed by atoms with van der Waals surface area (Å²) in [5.41, 5.74) is 1.00. The molecule has 1 fully saturated rings. The number of amides is 2. The molecule has 3 N–H and O–H groups in total. The van der Waals surface area contributed by atoms with Gasteiger partial charge < -0.3 is 24.9 Å². The Morgan fingerprint density at radius 2 is 1.81 bits per heavy atom. The zero-order valence-corrected chi connectivity index (χ0v) is 18.0. The number of carbonyl (C=O) groups excluding carboxylic acids is 2. The standard InChI is InChI=1S/C23H31FN4O3/c1-2-3-4-11-25-22(29)23(30)26-17-20(21-6-5-16-31-21)28-14-12-27(13-15-28)19-9-7-18(24)8-10-19/h5-10,16,20H,2-4,11-15,17H2,1H3,(H,25,29)(H,26,30)/p+1/t20-/m1/s1. The van der Waals surface area contributed by atoms with Crippen molar-refractivity contribution in [3.63, 3.8) is 0 Å². The molecular weight excluding hydrogens is 399 g/mol. The molecule has 1 atom stereocenters. The number of carbonyl (C=O) groups is 2. The maximum Gasteiger partial charge on any atom is 0.309 e. The highest BCUT2D eigenvalue weighted by Gasteiger charge is 2.31. The number of hydrogen-bond donors (Lipinski definition) is 3. The fourth-order valence-electron chi connectivity index (χ4n) is 3.92. The summed E-state index contributed by atoms with van der Waals surface area (Å²) in [6.07, 6.45) is 4.58. The molecule has 0 saturated carbocycles. The van der Waals surface area contributed by atoms with Gasteiger partial charge in [0.05, 0.1) is 39.0 Å². The number of rotatable bonds is 9. The van der Waals surface area contributed by atoms with Gasteiger partial charge >= 0.3 is 11.8 Å². The lowest BCUT2D eigenvalue weighted by Gasteiger charge is -2.37. The summed E-state index contributed by atoms with van der Waals surface area (Å²) >= 11 is 0. The first kappa shape index (κ1) is 22.8. The highest BCUT2D eigenvalue weighted by atomic mass is 19.1. The van der Waals surface area contributed by atoms with Gasteiger partial charge in [0.1, 0.15) is 5.82 Å². The Labute approximate surface area is 182 Å². The van der Waals surface area contributed by atoms with Gasteiger partial charge in [-0.25, -0.2) is 4.39 Å². The van der Waals surface area contributed by atoms with Crippen LogP contribution in [0.15, 0.2) is 47.1 Å². The van der Waals surface area contributed by atoms with Gasteiger partial charge in [0.15, 0.2) is 11.8 Å². The predicted molar refractivity (Wildman–Crippen MR) is 116 cm³/mol. The van der Waals surface area contributed by atoms with E-state index >= 15 is 0 Å². The molecule has 1 aromatic heterocycles. The molecule has 0 aliphatic carbocycles. The Kier molecular flexibility index (Phi) is 8.46. The molecule has 31 heavy (non-hydrogen) atoms. The molecule has 0 radical (unpaired) electrons. The Hall–Kier alpha value is -2.87. The third-order valence-corrected chi connectivity index (χ3v) is 5.72. The fraction of sp³-hybridized carbons (Fsp3) is 0.478. The average molecular weight is 432 g/mol. The van der Waals surface area contributed by atoms with Crippen LogP contribution >= 0.6 is 0 Å². The van der Waals surface area contributed by atoms with Crippen molar-refractivity contribution in [2.24, 2.45) is 0 Å². The van der Waals surface area contributed by atoms with Crippen LogP contribution in [-0.2, 0) is 9.59 Å². The lowest BCUT2D eigenvalue weighted by atomic mass is 10.1. The van der Waals surface area contributed by atoms with Gasteiger partial charge in [-0.05, 0) is 42.8 Å². The van der Waals surface area contributed by atoms with Gasteiger partial charge in [-0.1, -0.05) is 19.8 Å². The van der Waals surface area contributed by atoms with Crippen LogP contribution in [0.3, 0.4) is 0 Å². The summed E-state index contributed by atoms with van der Waals surface area (Å²) in [5, 5.41) is 5.44. The van der Waals surface area contributed by atoms with E-state index in [1.54, 1.807) is 18.4 Å². The summed E-state index contributed by atoms with van der Waals surface area (Å²) in [5.74, 6) is -0.659. The van der Waals surface area contributed by atoms with Crippen LogP contribution in [0.5, 0.6) is 0 Å². The first-order valence-electron chi connectivity index (χ1n) is 11.0. The summed E-state index contributed by atoms with van der Waals surface area (Å²) in [4.78, 5) is 27.7. The molecule has 0 bridgehead atoms. The van der Waals surface area contributed by atoms with Crippen molar-refractivity contribution in [3.05, 3.63) is 54.2 Å². The van der Waals surface area contributed by atoms with E-state index in [4.69, 9.17) is 4.42 Å². The number of anilines is 1. The third kappa shape index (κ3) is 6.55. The highest BCUT2D eigenvalue weighted by Crippen LogP contribution is 2.16. The van der Waals surface area contributed by atoms with Crippen molar-refractivity contribution in [1.82, 2.24) is 10.6 Å². The Balaban J connectivity index is 1.54. The monoisotopic (exact) mass is 431 g/mol. The van der Waals surface area contributed by atoms with Crippen LogP contribution in [-0.4, -0.2) is 51.1 Å². The molecule has 2 amide bonds. The zero-order valence-electron chi connectivity index (χ0n) is 18.0. The fourth-order valence-corrected chi connectivity index (χ4v) is 3.92. The molecular formula is C23H32FN4O3+. The second-order valence-corrected chi connectivity index (χ2v) is 7.86. The summed E-state index contributed by atoms with van der Waals surface area (Å²) < 4.78 is 18.8. The second-order valence-electron chi connectivity index (χ2n) is 7.86. The maximum absolute atomic E-state index is 13.2. The van der Waals surface area contributed by atoms with Crippen molar-refractivity contribution >= 4 is 17.5 Å². The van der Waals surface area contributed by atoms with E-state index < -0.39 is 11.8 Å². The van der Waals surface area contributed by atoms with Crippen molar-refractivity contribution in [2.75, 3.05) is 44.2 Å². The van der Waals surface area contributed by atoms with E-state index in [0.29, 0.717) is 13.1 Å². The van der Waals surface area contributed by atoms with E-state index in [1.807, 2.05) is 12.1 Å². The van der Waals surface area contributed by atoms with E-state index in [-0.39, 0.29) is 11.9 Å². The van der Waals surface area contributed by atoms with Crippen LogP contribution in [0.2, 0.25) is 0 Å². The van der Waals surface area contributed by atoms with Crippen molar-refractivity contribution in [3.8, 4) is 0 Å². The van der Waals surface area contributed by atoms with Crippen LogP contribution < -0.4 is 20.4 Å². The molecule has 8 heteroatoms. The summed E-state index contributed by atoms with van der Waals surface area (Å²) in [7, 11) is 0. The number of unbranched alkanes of at least 4 members (excludes halogenated alkanes) is 2. The molecule has 3 rings (SSSR count). The van der Waals surface area contributed by atoms with Crippen molar-refractivity contribution < 1.29 is 23.3 Å². The Morgan fingerprint density at radius 1 is 1.10 bits per heavy atom. The van der Waals surface area contributed by atoms with E-state index in [1.165, 1.54) is 17.0 Å². The molecule has 168 valence electrons. The molecule has 2 heterocycles.